The van der Waals surface area contributed by atoms with Crippen LogP contribution in [0.15, 0.2) is 12.5 Å². The molecule has 1 rings (SSSR count). The smallest absolute Gasteiger partial charge is 0.242 e. The predicted octanol–water partition coefficient (Wildman–Crippen LogP) is -4.03. The number of carbonyl (C=O) groups is 6. The normalized spacial score (nSPS) is 11.0. The first kappa shape index (κ1) is 27.4. The fourth-order valence-corrected chi connectivity index (χ4v) is 2.54. The van der Waals surface area contributed by atoms with Gasteiger partial charge in [-0.2, -0.15) is 12.6 Å². The first-order valence-electron chi connectivity index (χ1n) is 9.91. The van der Waals surface area contributed by atoms with Crippen LogP contribution in [0.4, 0.5) is 0 Å². The van der Waals surface area contributed by atoms with Gasteiger partial charge in [0.25, 0.3) is 0 Å². The molecule has 14 nitrogen and oxygen atoms in total. The molecule has 1 aromatic heterocycles. The molecule has 7 N–H and O–H groups in total. The number of thiol groups is 1. The minimum absolute atomic E-state index is 0.167. The quantitative estimate of drug-likeness (QED) is 0.123. The molecule has 182 valence electrons. The predicted molar refractivity (Wildman–Crippen MR) is 119 cm³/mol. The van der Waals surface area contributed by atoms with Gasteiger partial charge in [0.2, 0.25) is 35.4 Å². The fraction of sp³-hybridized carbons (Fsp3) is 0.500. The summed E-state index contributed by atoms with van der Waals surface area (Å²) in [4.78, 5) is 77.0. The lowest BCUT2D eigenvalue weighted by Gasteiger charge is -2.17. The molecule has 0 aromatic carbocycles. The molecule has 1 atom stereocenters. The molecular weight excluding hydrogens is 456 g/mol. The number of hydrogen-bond acceptors (Lipinski definition) is 8. The second-order valence-electron chi connectivity index (χ2n) is 6.60. The van der Waals surface area contributed by atoms with Crippen molar-refractivity contribution in [2.75, 3.05) is 39.0 Å². The summed E-state index contributed by atoms with van der Waals surface area (Å²) >= 11 is 3.89. The van der Waals surface area contributed by atoms with E-state index in [9.17, 15) is 28.8 Å². The Kier molecular flexibility index (Phi) is 12.6. The number of likely N-dealkylation sites (N-methyl/N-ethyl adjacent to an activating group) is 1. The first-order chi connectivity index (χ1) is 15.7. The monoisotopic (exact) mass is 484 g/mol. The van der Waals surface area contributed by atoms with Gasteiger partial charge in [0.05, 0.1) is 32.5 Å². The average Bonchev–Trinajstić information content (AvgIpc) is 3.31. The molecule has 15 heteroatoms. The van der Waals surface area contributed by atoms with Crippen LogP contribution in [0, 0.1) is 0 Å². The van der Waals surface area contributed by atoms with E-state index in [1.54, 1.807) is 0 Å². The Morgan fingerprint density at radius 2 is 1.39 bits per heavy atom. The summed E-state index contributed by atoms with van der Waals surface area (Å²) in [5.74, 6) is -2.86. The standard InChI is InChI=1S/C18H28N8O6S/c1-19-18(32)12(4-11-5-20-10-25-11)26-17(31)9-24-16(30)8-23-15(29)7-22-14(28)6-21-13(27)2-3-33/h5,10,12,33H,2-4,6-9H2,1H3,(H,19,32)(H,20,25)(H,21,27)(H,22,28)(H,23,29)(H,24,30)(H,26,31). The Morgan fingerprint density at radius 1 is 0.879 bits per heavy atom. The maximum absolute atomic E-state index is 12.1. The molecule has 0 aliphatic heterocycles. The van der Waals surface area contributed by atoms with Crippen molar-refractivity contribution in [3.05, 3.63) is 18.2 Å². The maximum atomic E-state index is 12.1. The highest BCUT2D eigenvalue weighted by molar-refractivity contribution is 7.80. The van der Waals surface area contributed by atoms with E-state index in [4.69, 9.17) is 0 Å². The fourth-order valence-electron chi connectivity index (χ4n) is 2.34. The number of nitrogens with zero attached hydrogens (tertiary/aromatic N) is 1. The Balaban J connectivity index is 2.27. The van der Waals surface area contributed by atoms with Crippen molar-refractivity contribution in [2.45, 2.75) is 18.9 Å². The van der Waals surface area contributed by atoms with Crippen molar-refractivity contribution in [3.63, 3.8) is 0 Å². The summed E-state index contributed by atoms with van der Waals surface area (Å²) in [6.07, 6.45) is 3.32. The Bertz CT molecular complexity index is 832. The average molecular weight is 485 g/mol. The van der Waals surface area contributed by atoms with Crippen LogP contribution in [0.25, 0.3) is 0 Å². The number of aromatic amines is 1. The van der Waals surface area contributed by atoms with Crippen LogP contribution in [0.1, 0.15) is 12.1 Å². The highest BCUT2D eigenvalue weighted by Crippen LogP contribution is 1.98. The highest BCUT2D eigenvalue weighted by atomic mass is 32.1. The summed E-state index contributed by atoms with van der Waals surface area (Å²) in [5, 5.41) is 14.2. The number of aromatic nitrogens is 2. The third kappa shape index (κ3) is 12.1. The van der Waals surface area contributed by atoms with Crippen molar-refractivity contribution >= 4 is 48.1 Å². The zero-order valence-electron chi connectivity index (χ0n) is 18.0. The largest absolute Gasteiger partial charge is 0.357 e. The van der Waals surface area contributed by atoms with Crippen molar-refractivity contribution < 1.29 is 28.8 Å². The number of nitrogens with one attached hydrogen (secondary N) is 7. The summed E-state index contributed by atoms with van der Waals surface area (Å²) in [5.41, 5.74) is 0.641. The van der Waals surface area contributed by atoms with Gasteiger partial charge in [0.15, 0.2) is 0 Å². The second kappa shape index (κ2) is 15.2. The van der Waals surface area contributed by atoms with Crippen LogP contribution in [0.2, 0.25) is 0 Å². The van der Waals surface area contributed by atoms with E-state index in [-0.39, 0.29) is 25.3 Å². The number of rotatable bonds is 14. The van der Waals surface area contributed by atoms with E-state index in [1.165, 1.54) is 19.6 Å². The van der Waals surface area contributed by atoms with Gasteiger partial charge < -0.3 is 36.9 Å². The summed E-state index contributed by atoms with van der Waals surface area (Å²) in [6.45, 7) is -1.51. The maximum Gasteiger partial charge on any atom is 0.242 e. The number of amides is 6. The Morgan fingerprint density at radius 3 is 1.85 bits per heavy atom. The van der Waals surface area contributed by atoms with Crippen LogP contribution >= 0.6 is 12.6 Å². The van der Waals surface area contributed by atoms with Gasteiger partial charge in [-0.05, 0) is 5.75 Å². The van der Waals surface area contributed by atoms with Crippen molar-refractivity contribution in [2.24, 2.45) is 0 Å². The van der Waals surface area contributed by atoms with Crippen LogP contribution in [-0.2, 0) is 35.2 Å². The van der Waals surface area contributed by atoms with Crippen molar-refractivity contribution in [1.82, 2.24) is 41.9 Å². The molecule has 1 unspecified atom stereocenters. The van der Waals surface area contributed by atoms with E-state index in [0.717, 1.165) is 0 Å². The molecule has 1 heterocycles. The molecule has 0 spiro atoms. The lowest BCUT2D eigenvalue weighted by atomic mass is 10.1. The Labute approximate surface area is 195 Å². The molecule has 0 bridgehead atoms. The number of H-pyrrole nitrogens is 1. The van der Waals surface area contributed by atoms with E-state index in [1.807, 2.05) is 0 Å². The van der Waals surface area contributed by atoms with Gasteiger partial charge >= 0.3 is 0 Å². The van der Waals surface area contributed by atoms with Crippen molar-refractivity contribution in [3.8, 4) is 0 Å². The minimum Gasteiger partial charge on any atom is -0.357 e. The van der Waals surface area contributed by atoms with Crippen LogP contribution < -0.4 is 31.9 Å². The summed E-state index contributed by atoms with van der Waals surface area (Å²) < 4.78 is 0. The molecule has 0 aliphatic rings. The lowest BCUT2D eigenvalue weighted by molar-refractivity contribution is -0.130. The molecule has 6 amide bonds. The van der Waals surface area contributed by atoms with Gasteiger partial charge in [-0.15, -0.1) is 0 Å². The van der Waals surface area contributed by atoms with Gasteiger partial charge in [-0.25, -0.2) is 4.98 Å². The van der Waals surface area contributed by atoms with E-state index < -0.39 is 55.2 Å². The molecule has 0 aliphatic carbocycles. The number of hydrogen-bond donors (Lipinski definition) is 8. The molecule has 33 heavy (non-hydrogen) atoms. The zero-order chi connectivity index (χ0) is 24.6. The summed E-state index contributed by atoms with van der Waals surface area (Å²) in [6, 6.07) is -0.870. The van der Waals surface area contributed by atoms with Gasteiger partial charge in [-0.1, -0.05) is 0 Å². The molecule has 0 radical (unpaired) electrons. The second-order valence-corrected chi connectivity index (χ2v) is 7.04. The topological polar surface area (TPSA) is 203 Å². The van der Waals surface area contributed by atoms with Gasteiger partial charge in [0, 0.05) is 31.8 Å². The van der Waals surface area contributed by atoms with Gasteiger partial charge in [-0.3, -0.25) is 28.8 Å². The van der Waals surface area contributed by atoms with Crippen molar-refractivity contribution in [1.29, 1.82) is 0 Å². The van der Waals surface area contributed by atoms with Crippen LogP contribution in [0.3, 0.4) is 0 Å². The minimum atomic E-state index is -0.870. The zero-order valence-corrected chi connectivity index (χ0v) is 18.9. The molecule has 0 fully saturated rings. The third-order valence-electron chi connectivity index (χ3n) is 4.00. The number of imidazole rings is 1. The molecule has 0 saturated carbocycles. The molecule has 0 saturated heterocycles. The first-order valence-corrected chi connectivity index (χ1v) is 10.5. The van der Waals surface area contributed by atoms with E-state index >= 15 is 0 Å². The number of carbonyl (C=O) groups excluding carboxylic acids is 6. The third-order valence-corrected chi connectivity index (χ3v) is 4.22. The molecular formula is C18H28N8O6S. The summed E-state index contributed by atoms with van der Waals surface area (Å²) in [7, 11) is 1.43. The van der Waals surface area contributed by atoms with E-state index in [2.05, 4.69) is 54.5 Å². The highest BCUT2D eigenvalue weighted by Gasteiger charge is 2.21. The SMILES string of the molecule is CNC(=O)C(Cc1cnc[nH]1)NC(=O)CNC(=O)CNC(=O)CNC(=O)CNC(=O)CCS. The lowest BCUT2D eigenvalue weighted by Crippen LogP contribution is -2.50. The van der Waals surface area contributed by atoms with Crippen LogP contribution in [-0.4, -0.2) is 90.4 Å². The van der Waals surface area contributed by atoms with Crippen LogP contribution in [0.5, 0.6) is 0 Å². The van der Waals surface area contributed by atoms with Gasteiger partial charge in [0.1, 0.15) is 6.04 Å². The Hall–Kier alpha value is -3.62. The molecule has 1 aromatic rings. The van der Waals surface area contributed by atoms with E-state index in [0.29, 0.717) is 11.4 Å².